The fraction of sp³-hybridized carbons (Fsp3) is 0.529. The van der Waals surface area contributed by atoms with Gasteiger partial charge in [-0.25, -0.2) is 0 Å². The number of aromatic nitrogens is 2. The van der Waals surface area contributed by atoms with Gasteiger partial charge in [0, 0.05) is 36.8 Å². The number of anilines is 1. The van der Waals surface area contributed by atoms with Gasteiger partial charge in [-0.15, -0.1) is 0 Å². The Morgan fingerprint density at radius 2 is 2.09 bits per heavy atom. The third-order valence-corrected chi connectivity index (χ3v) is 4.73. The Hall–Kier alpha value is -1.46. The Labute approximate surface area is 136 Å². The second-order valence-corrected chi connectivity index (χ2v) is 6.41. The van der Waals surface area contributed by atoms with Crippen LogP contribution in [0.15, 0.2) is 30.3 Å². The van der Waals surface area contributed by atoms with E-state index in [4.69, 9.17) is 9.72 Å². The summed E-state index contributed by atoms with van der Waals surface area (Å²) in [5.41, 5.74) is 1.09. The molecule has 1 aromatic carbocycles. The molecule has 2 heterocycles. The summed E-state index contributed by atoms with van der Waals surface area (Å²) in [4.78, 5) is 7.09. The third kappa shape index (κ3) is 3.84. The fourth-order valence-corrected chi connectivity index (χ4v) is 3.50. The highest BCUT2D eigenvalue weighted by atomic mass is 32.1. The van der Waals surface area contributed by atoms with Crippen LogP contribution in [-0.2, 0) is 4.74 Å². The van der Waals surface area contributed by atoms with E-state index >= 15 is 0 Å². The lowest BCUT2D eigenvalue weighted by molar-refractivity contribution is 0.0461. The van der Waals surface area contributed by atoms with E-state index in [0.29, 0.717) is 6.10 Å². The third-order valence-electron chi connectivity index (χ3n) is 3.95. The standard InChI is InChI=1S/C17H23N3OS/c1-2-13-21-15-9-6-11-20(12-10-15)17-18-16(19-22-17)14-7-4-3-5-8-14/h3-5,7-8,15H,2,6,9-13H2,1H3. The number of rotatable bonds is 5. The predicted octanol–water partition coefficient (Wildman–Crippen LogP) is 3.99. The Morgan fingerprint density at radius 3 is 2.91 bits per heavy atom. The van der Waals surface area contributed by atoms with E-state index in [9.17, 15) is 0 Å². The molecule has 1 aromatic heterocycles. The van der Waals surface area contributed by atoms with Gasteiger partial charge in [0.15, 0.2) is 5.82 Å². The summed E-state index contributed by atoms with van der Waals surface area (Å²) in [5.74, 6) is 0.837. The van der Waals surface area contributed by atoms with Gasteiger partial charge < -0.3 is 9.64 Å². The second-order valence-electron chi connectivity index (χ2n) is 5.68. The van der Waals surface area contributed by atoms with Gasteiger partial charge in [-0.05, 0) is 25.7 Å². The molecule has 1 saturated heterocycles. The molecule has 5 heteroatoms. The van der Waals surface area contributed by atoms with E-state index in [1.165, 1.54) is 11.5 Å². The zero-order valence-corrected chi connectivity index (χ0v) is 13.9. The predicted molar refractivity (Wildman–Crippen MR) is 91.4 cm³/mol. The fourth-order valence-electron chi connectivity index (χ4n) is 2.76. The molecule has 0 aliphatic carbocycles. The van der Waals surface area contributed by atoms with Crippen molar-refractivity contribution in [1.82, 2.24) is 9.36 Å². The largest absolute Gasteiger partial charge is 0.378 e. The van der Waals surface area contributed by atoms with Gasteiger partial charge in [-0.2, -0.15) is 9.36 Å². The van der Waals surface area contributed by atoms with Crippen molar-refractivity contribution < 1.29 is 4.74 Å². The van der Waals surface area contributed by atoms with Crippen molar-refractivity contribution in [3.05, 3.63) is 30.3 Å². The highest BCUT2D eigenvalue weighted by Crippen LogP contribution is 2.26. The second kappa shape index (κ2) is 7.70. The molecular formula is C17H23N3OS. The first-order valence-electron chi connectivity index (χ1n) is 8.12. The highest BCUT2D eigenvalue weighted by Gasteiger charge is 2.20. The van der Waals surface area contributed by atoms with Crippen molar-refractivity contribution in [2.75, 3.05) is 24.6 Å². The van der Waals surface area contributed by atoms with Gasteiger partial charge >= 0.3 is 0 Å². The molecule has 3 rings (SSSR count). The topological polar surface area (TPSA) is 38.2 Å². The Kier molecular flexibility index (Phi) is 5.40. The molecule has 1 atom stereocenters. The molecule has 4 nitrogen and oxygen atoms in total. The van der Waals surface area contributed by atoms with Gasteiger partial charge in [0.2, 0.25) is 5.13 Å². The first-order valence-corrected chi connectivity index (χ1v) is 8.90. The normalized spacial score (nSPS) is 19.1. The van der Waals surface area contributed by atoms with Gasteiger partial charge in [0.05, 0.1) is 6.10 Å². The van der Waals surface area contributed by atoms with Crippen LogP contribution in [0.3, 0.4) is 0 Å². The maximum absolute atomic E-state index is 5.91. The first kappa shape index (κ1) is 15.4. The quantitative estimate of drug-likeness (QED) is 0.836. The van der Waals surface area contributed by atoms with E-state index in [-0.39, 0.29) is 0 Å². The van der Waals surface area contributed by atoms with Crippen molar-refractivity contribution in [2.24, 2.45) is 0 Å². The smallest absolute Gasteiger partial charge is 0.205 e. The highest BCUT2D eigenvalue weighted by molar-refractivity contribution is 7.09. The van der Waals surface area contributed by atoms with E-state index in [1.807, 2.05) is 18.2 Å². The number of benzene rings is 1. The van der Waals surface area contributed by atoms with Crippen molar-refractivity contribution in [2.45, 2.75) is 38.7 Å². The van der Waals surface area contributed by atoms with Crippen LogP contribution in [0.4, 0.5) is 5.13 Å². The van der Waals surface area contributed by atoms with E-state index < -0.39 is 0 Å². The Balaban J connectivity index is 1.64. The molecule has 1 aliphatic rings. The SMILES string of the molecule is CCCOC1CCCN(c2nc(-c3ccccc3)ns2)CC1. The van der Waals surface area contributed by atoms with Crippen molar-refractivity contribution in [3.8, 4) is 11.4 Å². The minimum atomic E-state index is 0.409. The van der Waals surface area contributed by atoms with Crippen LogP contribution in [-0.4, -0.2) is 35.2 Å². The van der Waals surface area contributed by atoms with Crippen LogP contribution in [0, 0.1) is 0 Å². The number of hydrogen-bond donors (Lipinski definition) is 0. The van der Waals surface area contributed by atoms with Crippen molar-refractivity contribution in [1.29, 1.82) is 0 Å². The maximum Gasteiger partial charge on any atom is 0.205 e. The Bertz CT molecular complexity index is 572. The van der Waals surface area contributed by atoms with Crippen molar-refractivity contribution in [3.63, 3.8) is 0 Å². The molecule has 1 unspecified atom stereocenters. The first-order chi connectivity index (χ1) is 10.9. The van der Waals surface area contributed by atoms with Gasteiger partial charge in [-0.3, -0.25) is 0 Å². The van der Waals surface area contributed by atoms with E-state index in [2.05, 4.69) is 28.3 Å². The van der Waals surface area contributed by atoms with Crippen LogP contribution < -0.4 is 4.90 Å². The average molecular weight is 317 g/mol. The zero-order valence-electron chi connectivity index (χ0n) is 13.1. The summed E-state index contributed by atoms with van der Waals surface area (Å²) in [5, 5.41) is 1.04. The Morgan fingerprint density at radius 1 is 1.23 bits per heavy atom. The molecule has 1 aliphatic heterocycles. The molecule has 0 bridgehead atoms. The van der Waals surface area contributed by atoms with Crippen LogP contribution >= 0.6 is 11.5 Å². The van der Waals surface area contributed by atoms with Crippen LogP contribution in [0.1, 0.15) is 32.6 Å². The number of hydrogen-bond acceptors (Lipinski definition) is 5. The molecule has 0 saturated carbocycles. The monoisotopic (exact) mass is 317 g/mol. The van der Waals surface area contributed by atoms with Crippen LogP contribution in [0.25, 0.3) is 11.4 Å². The lowest BCUT2D eigenvalue weighted by Gasteiger charge is -2.18. The molecule has 2 aromatic rings. The average Bonchev–Trinajstić information content (AvgIpc) is 2.94. The molecule has 1 fully saturated rings. The number of nitrogens with zero attached hydrogens (tertiary/aromatic N) is 3. The van der Waals surface area contributed by atoms with Gasteiger partial charge in [0.1, 0.15) is 0 Å². The summed E-state index contributed by atoms with van der Waals surface area (Å²) in [6.07, 6.45) is 4.90. The van der Waals surface area contributed by atoms with Gasteiger partial charge in [0.25, 0.3) is 0 Å². The van der Waals surface area contributed by atoms with E-state index in [1.54, 1.807) is 0 Å². The summed E-state index contributed by atoms with van der Waals surface area (Å²) in [7, 11) is 0. The van der Waals surface area contributed by atoms with Crippen molar-refractivity contribution >= 4 is 16.7 Å². The molecular weight excluding hydrogens is 294 g/mol. The molecule has 0 radical (unpaired) electrons. The van der Waals surface area contributed by atoms with Crippen LogP contribution in [0.5, 0.6) is 0 Å². The lowest BCUT2D eigenvalue weighted by Crippen LogP contribution is -2.24. The summed E-state index contributed by atoms with van der Waals surface area (Å²) in [6.45, 7) is 5.10. The summed E-state index contributed by atoms with van der Waals surface area (Å²) in [6, 6.07) is 10.2. The molecule has 0 spiro atoms. The lowest BCUT2D eigenvalue weighted by atomic mass is 10.2. The molecule has 0 N–H and O–H groups in total. The van der Waals surface area contributed by atoms with E-state index in [0.717, 1.165) is 61.9 Å². The summed E-state index contributed by atoms with van der Waals surface area (Å²) < 4.78 is 10.4. The van der Waals surface area contributed by atoms with Crippen LogP contribution in [0.2, 0.25) is 0 Å². The minimum absolute atomic E-state index is 0.409. The summed E-state index contributed by atoms with van der Waals surface area (Å²) >= 11 is 1.50. The molecule has 0 amide bonds. The maximum atomic E-state index is 5.91. The molecule has 118 valence electrons. The minimum Gasteiger partial charge on any atom is -0.378 e. The zero-order chi connectivity index (χ0) is 15.2. The number of ether oxygens (including phenoxy) is 1. The van der Waals surface area contributed by atoms with Gasteiger partial charge in [-0.1, -0.05) is 37.3 Å². The molecule has 22 heavy (non-hydrogen) atoms.